The summed E-state index contributed by atoms with van der Waals surface area (Å²) in [6, 6.07) is 0.363. The van der Waals surface area contributed by atoms with Crippen LogP contribution in [0.5, 0.6) is 0 Å². The van der Waals surface area contributed by atoms with Crippen molar-refractivity contribution in [3.63, 3.8) is 0 Å². The van der Waals surface area contributed by atoms with Crippen LogP contribution < -0.4 is 0 Å². The van der Waals surface area contributed by atoms with Crippen LogP contribution in [-0.2, 0) is 4.79 Å². The summed E-state index contributed by atoms with van der Waals surface area (Å²) in [5, 5.41) is 8.83. The second kappa shape index (κ2) is 5.91. The Bertz CT molecular complexity index is 222. The van der Waals surface area contributed by atoms with Gasteiger partial charge >= 0.3 is 5.97 Å². The maximum atomic E-state index is 10.7. The highest BCUT2D eigenvalue weighted by Crippen LogP contribution is 2.29. The van der Waals surface area contributed by atoms with E-state index in [1.54, 1.807) is 6.08 Å². The van der Waals surface area contributed by atoms with Crippen molar-refractivity contribution < 1.29 is 9.90 Å². The van der Waals surface area contributed by atoms with Gasteiger partial charge in [0.25, 0.3) is 0 Å². The quantitative estimate of drug-likeness (QED) is 0.684. The topological polar surface area (TPSA) is 40.5 Å². The molecule has 1 unspecified atom stereocenters. The zero-order valence-electron chi connectivity index (χ0n) is 9.48. The van der Waals surface area contributed by atoms with Gasteiger partial charge in [-0.3, -0.25) is 9.69 Å². The van der Waals surface area contributed by atoms with Crippen LogP contribution in [0, 0.1) is 5.92 Å². The molecule has 0 saturated heterocycles. The summed E-state index contributed by atoms with van der Waals surface area (Å²) < 4.78 is 0. The van der Waals surface area contributed by atoms with E-state index in [0.29, 0.717) is 18.5 Å². The van der Waals surface area contributed by atoms with Gasteiger partial charge < -0.3 is 5.11 Å². The van der Waals surface area contributed by atoms with Crippen molar-refractivity contribution in [3.05, 3.63) is 12.7 Å². The molecule has 1 rings (SSSR count). The number of hydrogen-bond donors (Lipinski definition) is 1. The molecule has 0 radical (unpaired) electrons. The fourth-order valence-electron chi connectivity index (χ4n) is 2.45. The highest BCUT2D eigenvalue weighted by molar-refractivity contribution is 5.69. The number of carbonyl (C=O) groups is 1. The summed E-state index contributed by atoms with van der Waals surface area (Å²) in [6.45, 7) is 6.62. The van der Waals surface area contributed by atoms with Crippen LogP contribution in [0.15, 0.2) is 12.7 Å². The van der Waals surface area contributed by atoms with Crippen molar-refractivity contribution >= 4 is 5.97 Å². The fraction of sp³-hybridized carbons (Fsp3) is 0.750. The van der Waals surface area contributed by atoms with E-state index in [2.05, 4.69) is 13.5 Å². The van der Waals surface area contributed by atoms with E-state index >= 15 is 0 Å². The number of carboxylic acids is 1. The predicted molar refractivity (Wildman–Crippen MR) is 60.8 cm³/mol. The Hall–Kier alpha value is -0.830. The predicted octanol–water partition coefficient (Wildman–Crippen LogP) is 2.14. The number of rotatable bonds is 6. The van der Waals surface area contributed by atoms with Gasteiger partial charge in [0.1, 0.15) is 0 Å². The first-order valence-corrected chi connectivity index (χ1v) is 5.72. The first kappa shape index (κ1) is 12.2. The second-order valence-electron chi connectivity index (χ2n) is 4.40. The van der Waals surface area contributed by atoms with Gasteiger partial charge in [-0.2, -0.15) is 0 Å². The van der Waals surface area contributed by atoms with Crippen LogP contribution in [0.25, 0.3) is 0 Å². The minimum absolute atomic E-state index is 0.129. The molecule has 1 saturated carbocycles. The van der Waals surface area contributed by atoms with Gasteiger partial charge in [-0.25, -0.2) is 0 Å². The van der Waals surface area contributed by atoms with Crippen molar-refractivity contribution in [2.75, 3.05) is 13.1 Å². The SMILES string of the molecule is C=CCN(CC(=O)O)C(C)C1CCCC1. The molecule has 1 aliphatic rings. The first-order chi connectivity index (χ1) is 7.15. The molecule has 0 aliphatic heterocycles. The summed E-state index contributed by atoms with van der Waals surface area (Å²) in [5.41, 5.74) is 0. The lowest BCUT2D eigenvalue weighted by molar-refractivity contribution is -0.138. The van der Waals surface area contributed by atoms with Gasteiger partial charge in [-0.1, -0.05) is 18.9 Å². The maximum Gasteiger partial charge on any atom is 0.317 e. The van der Waals surface area contributed by atoms with Crippen molar-refractivity contribution in [2.45, 2.75) is 38.6 Å². The number of carboxylic acid groups (broad SMARTS) is 1. The van der Waals surface area contributed by atoms with Gasteiger partial charge in [0.15, 0.2) is 0 Å². The zero-order valence-corrected chi connectivity index (χ0v) is 9.48. The van der Waals surface area contributed by atoms with E-state index in [9.17, 15) is 4.79 Å². The van der Waals surface area contributed by atoms with E-state index in [1.165, 1.54) is 25.7 Å². The number of aliphatic carboxylic acids is 1. The summed E-state index contributed by atoms with van der Waals surface area (Å²) in [6.07, 6.45) is 6.87. The molecule has 3 heteroatoms. The summed E-state index contributed by atoms with van der Waals surface area (Å²) in [7, 11) is 0. The molecular weight excluding hydrogens is 190 g/mol. The lowest BCUT2D eigenvalue weighted by Gasteiger charge is -2.30. The molecule has 0 aromatic rings. The Morgan fingerprint density at radius 1 is 1.60 bits per heavy atom. The van der Waals surface area contributed by atoms with Crippen LogP contribution in [0.3, 0.4) is 0 Å². The molecule has 1 fully saturated rings. The molecular formula is C12H21NO2. The maximum absolute atomic E-state index is 10.7. The van der Waals surface area contributed by atoms with E-state index in [1.807, 2.05) is 4.90 Å². The van der Waals surface area contributed by atoms with E-state index in [4.69, 9.17) is 5.11 Å². The summed E-state index contributed by atoms with van der Waals surface area (Å²) >= 11 is 0. The lowest BCUT2D eigenvalue weighted by Crippen LogP contribution is -2.41. The van der Waals surface area contributed by atoms with Gasteiger partial charge in [0, 0.05) is 12.6 Å². The van der Waals surface area contributed by atoms with Gasteiger partial charge in [-0.15, -0.1) is 6.58 Å². The lowest BCUT2D eigenvalue weighted by atomic mass is 9.98. The van der Waals surface area contributed by atoms with Gasteiger partial charge in [0.2, 0.25) is 0 Å². The van der Waals surface area contributed by atoms with E-state index < -0.39 is 5.97 Å². The molecule has 0 aromatic heterocycles. The Labute approximate surface area is 91.8 Å². The minimum Gasteiger partial charge on any atom is -0.480 e. The van der Waals surface area contributed by atoms with Crippen molar-refractivity contribution in [3.8, 4) is 0 Å². The Morgan fingerprint density at radius 3 is 2.67 bits per heavy atom. The Balaban J connectivity index is 2.52. The molecule has 0 amide bonds. The highest BCUT2D eigenvalue weighted by atomic mass is 16.4. The van der Waals surface area contributed by atoms with Crippen molar-refractivity contribution in [1.82, 2.24) is 4.90 Å². The third-order valence-corrected chi connectivity index (χ3v) is 3.36. The molecule has 0 spiro atoms. The average Bonchev–Trinajstić information content (AvgIpc) is 2.68. The molecule has 86 valence electrons. The smallest absolute Gasteiger partial charge is 0.317 e. The molecule has 1 aliphatic carbocycles. The first-order valence-electron chi connectivity index (χ1n) is 5.72. The normalized spacial score (nSPS) is 19.3. The van der Waals surface area contributed by atoms with Crippen LogP contribution in [0.2, 0.25) is 0 Å². The number of hydrogen-bond acceptors (Lipinski definition) is 2. The minimum atomic E-state index is -0.748. The van der Waals surface area contributed by atoms with E-state index in [0.717, 1.165) is 0 Å². The van der Waals surface area contributed by atoms with Crippen LogP contribution >= 0.6 is 0 Å². The number of nitrogens with zero attached hydrogens (tertiary/aromatic N) is 1. The standard InChI is InChI=1S/C12H21NO2/c1-3-8-13(9-12(14)15)10(2)11-6-4-5-7-11/h3,10-11H,1,4-9H2,2H3,(H,14,15). The third kappa shape index (κ3) is 3.67. The van der Waals surface area contributed by atoms with Crippen LogP contribution in [0.4, 0.5) is 0 Å². The van der Waals surface area contributed by atoms with Gasteiger partial charge in [0.05, 0.1) is 6.54 Å². The third-order valence-electron chi connectivity index (χ3n) is 3.36. The molecule has 1 atom stereocenters. The highest BCUT2D eigenvalue weighted by Gasteiger charge is 2.26. The molecule has 15 heavy (non-hydrogen) atoms. The zero-order chi connectivity index (χ0) is 11.3. The molecule has 0 aromatic carbocycles. The van der Waals surface area contributed by atoms with Crippen molar-refractivity contribution in [1.29, 1.82) is 0 Å². The van der Waals surface area contributed by atoms with Gasteiger partial charge in [-0.05, 0) is 25.7 Å². The van der Waals surface area contributed by atoms with Crippen LogP contribution in [-0.4, -0.2) is 35.1 Å². The van der Waals surface area contributed by atoms with E-state index in [-0.39, 0.29) is 6.54 Å². The second-order valence-corrected chi connectivity index (χ2v) is 4.40. The van der Waals surface area contributed by atoms with Crippen LogP contribution in [0.1, 0.15) is 32.6 Å². The molecule has 3 nitrogen and oxygen atoms in total. The Kier molecular flexibility index (Phi) is 4.82. The Morgan fingerprint density at radius 2 is 2.20 bits per heavy atom. The summed E-state index contributed by atoms with van der Waals surface area (Å²) in [4.78, 5) is 12.7. The molecule has 0 heterocycles. The summed E-state index contributed by atoms with van der Waals surface area (Å²) in [5.74, 6) is -0.0778. The van der Waals surface area contributed by atoms with Crippen molar-refractivity contribution in [2.24, 2.45) is 5.92 Å². The fourth-order valence-corrected chi connectivity index (χ4v) is 2.45. The average molecular weight is 211 g/mol. The molecule has 1 N–H and O–H groups in total. The molecule has 0 bridgehead atoms. The monoisotopic (exact) mass is 211 g/mol. The largest absolute Gasteiger partial charge is 0.480 e.